The van der Waals surface area contributed by atoms with Crippen molar-refractivity contribution in [1.29, 1.82) is 0 Å². The molecule has 0 amide bonds. The van der Waals surface area contributed by atoms with Crippen LogP contribution in [0.25, 0.3) is 0 Å². The molecule has 0 aliphatic carbocycles. The highest BCUT2D eigenvalue weighted by atomic mass is 16.6. The second-order valence-corrected chi connectivity index (χ2v) is 19.6. The molecule has 6 heteroatoms. The molecule has 0 saturated heterocycles. The van der Waals surface area contributed by atoms with Gasteiger partial charge in [0.2, 0.25) is 0 Å². The number of allylic oxidation sites excluding steroid dienone is 8. The van der Waals surface area contributed by atoms with Crippen LogP contribution >= 0.6 is 0 Å². The van der Waals surface area contributed by atoms with Crippen LogP contribution in [-0.2, 0) is 28.6 Å². The molecule has 67 heavy (non-hydrogen) atoms. The number of carbonyl (C=O) groups is 3. The van der Waals surface area contributed by atoms with E-state index >= 15 is 0 Å². The van der Waals surface area contributed by atoms with Crippen LogP contribution in [0.15, 0.2) is 48.6 Å². The van der Waals surface area contributed by atoms with Crippen molar-refractivity contribution in [2.24, 2.45) is 0 Å². The van der Waals surface area contributed by atoms with E-state index in [1.54, 1.807) is 0 Å². The average molecular weight is 940 g/mol. The lowest BCUT2D eigenvalue weighted by Crippen LogP contribution is -2.30. The smallest absolute Gasteiger partial charge is 0.306 e. The summed E-state index contributed by atoms with van der Waals surface area (Å²) in [6.07, 6.45) is 68.2. The Morgan fingerprint density at radius 3 is 0.881 bits per heavy atom. The summed E-state index contributed by atoms with van der Waals surface area (Å²) >= 11 is 0. The van der Waals surface area contributed by atoms with Gasteiger partial charge in [-0.1, -0.05) is 249 Å². The first-order valence-corrected chi connectivity index (χ1v) is 29.1. The summed E-state index contributed by atoms with van der Waals surface area (Å²) in [5, 5.41) is 0. The largest absolute Gasteiger partial charge is 0.462 e. The third kappa shape index (κ3) is 54.2. The van der Waals surface area contributed by atoms with Crippen LogP contribution in [0.1, 0.15) is 303 Å². The zero-order chi connectivity index (χ0) is 48.6. The van der Waals surface area contributed by atoms with Gasteiger partial charge >= 0.3 is 17.9 Å². The zero-order valence-corrected chi connectivity index (χ0v) is 44.7. The molecule has 0 spiro atoms. The van der Waals surface area contributed by atoms with Crippen molar-refractivity contribution < 1.29 is 28.6 Å². The predicted molar refractivity (Wildman–Crippen MR) is 289 cm³/mol. The maximum Gasteiger partial charge on any atom is 0.306 e. The topological polar surface area (TPSA) is 78.9 Å². The summed E-state index contributed by atoms with van der Waals surface area (Å²) in [4.78, 5) is 38.1. The third-order valence-electron chi connectivity index (χ3n) is 12.8. The van der Waals surface area contributed by atoms with E-state index in [9.17, 15) is 14.4 Å². The Hall–Kier alpha value is -2.63. The molecule has 6 nitrogen and oxygen atoms in total. The number of rotatable bonds is 53. The van der Waals surface area contributed by atoms with Gasteiger partial charge in [-0.3, -0.25) is 14.4 Å². The van der Waals surface area contributed by atoms with Gasteiger partial charge < -0.3 is 14.2 Å². The van der Waals surface area contributed by atoms with Crippen LogP contribution in [0, 0.1) is 0 Å². The third-order valence-corrected chi connectivity index (χ3v) is 12.8. The van der Waals surface area contributed by atoms with E-state index in [1.165, 1.54) is 186 Å². The van der Waals surface area contributed by atoms with E-state index in [2.05, 4.69) is 69.4 Å². The van der Waals surface area contributed by atoms with Gasteiger partial charge in [0, 0.05) is 19.3 Å². The Kier molecular flexibility index (Phi) is 53.8. The van der Waals surface area contributed by atoms with Crippen LogP contribution in [0.5, 0.6) is 0 Å². The van der Waals surface area contributed by atoms with Gasteiger partial charge in [0.15, 0.2) is 6.10 Å². The summed E-state index contributed by atoms with van der Waals surface area (Å²) in [6, 6.07) is 0. The lowest BCUT2D eigenvalue weighted by Gasteiger charge is -2.18. The van der Waals surface area contributed by atoms with Gasteiger partial charge in [-0.15, -0.1) is 0 Å². The number of carbonyl (C=O) groups excluding carboxylic acids is 3. The van der Waals surface area contributed by atoms with E-state index in [4.69, 9.17) is 14.2 Å². The van der Waals surface area contributed by atoms with Gasteiger partial charge in [0.1, 0.15) is 13.2 Å². The lowest BCUT2D eigenvalue weighted by molar-refractivity contribution is -0.167. The average Bonchev–Trinajstić information content (AvgIpc) is 3.33. The molecule has 0 fully saturated rings. The maximum atomic E-state index is 12.8. The normalized spacial score (nSPS) is 12.3. The standard InChI is InChI=1S/C61H110O6/c1-4-7-10-13-16-19-21-23-25-27-29-30-32-33-35-37-39-42-45-48-51-54-60(63)66-57-58(56-65-59(62)53-50-47-44-41-18-15-12-9-6-3)67-61(64)55-52-49-46-43-40-38-36-34-31-28-26-24-22-20-17-14-11-8-5-2/h17,20,24,26-27,29,31,34,58H,4-16,18-19,21-23,25,28,30,32-33,35-57H2,1-3H3/b20-17-,26-24-,29-27-,34-31-. The Morgan fingerprint density at radius 2 is 0.537 bits per heavy atom. The van der Waals surface area contributed by atoms with Gasteiger partial charge in [-0.05, 0) is 83.5 Å². The predicted octanol–water partition coefficient (Wildman–Crippen LogP) is 19.4. The highest BCUT2D eigenvalue weighted by Gasteiger charge is 2.19. The molecule has 0 N–H and O–H groups in total. The van der Waals surface area contributed by atoms with Crippen molar-refractivity contribution in [3.05, 3.63) is 48.6 Å². The number of hydrogen-bond donors (Lipinski definition) is 0. The van der Waals surface area contributed by atoms with Crippen LogP contribution in [0.3, 0.4) is 0 Å². The molecule has 1 unspecified atom stereocenters. The Bertz CT molecular complexity index is 1170. The molecule has 1 atom stereocenters. The molecule has 0 heterocycles. The highest BCUT2D eigenvalue weighted by molar-refractivity contribution is 5.71. The fourth-order valence-corrected chi connectivity index (χ4v) is 8.39. The molecule has 0 aliphatic heterocycles. The van der Waals surface area contributed by atoms with Crippen molar-refractivity contribution in [1.82, 2.24) is 0 Å². The lowest BCUT2D eigenvalue weighted by atomic mass is 10.1. The molecular formula is C61H110O6. The molecule has 0 saturated carbocycles. The van der Waals surface area contributed by atoms with Gasteiger partial charge in [-0.25, -0.2) is 0 Å². The molecule has 0 bridgehead atoms. The quantitative estimate of drug-likeness (QED) is 0.0262. The summed E-state index contributed by atoms with van der Waals surface area (Å²) in [5.74, 6) is -0.882. The number of unbranched alkanes of at least 4 members (excludes halogenated alkanes) is 34. The minimum absolute atomic E-state index is 0.0768. The van der Waals surface area contributed by atoms with Crippen molar-refractivity contribution in [2.75, 3.05) is 13.2 Å². The van der Waals surface area contributed by atoms with Crippen LogP contribution in [-0.4, -0.2) is 37.2 Å². The number of ether oxygens (including phenoxy) is 3. The van der Waals surface area contributed by atoms with Gasteiger partial charge in [0.05, 0.1) is 0 Å². The first kappa shape index (κ1) is 64.4. The van der Waals surface area contributed by atoms with Crippen molar-refractivity contribution in [3.63, 3.8) is 0 Å². The van der Waals surface area contributed by atoms with Crippen LogP contribution in [0.2, 0.25) is 0 Å². The summed E-state index contributed by atoms with van der Waals surface area (Å²) in [5.41, 5.74) is 0. The highest BCUT2D eigenvalue weighted by Crippen LogP contribution is 2.16. The van der Waals surface area contributed by atoms with Gasteiger partial charge in [0.25, 0.3) is 0 Å². The van der Waals surface area contributed by atoms with E-state index in [-0.39, 0.29) is 31.1 Å². The molecule has 0 radical (unpaired) electrons. The molecule has 0 aromatic carbocycles. The Balaban J connectivity index is 4.27. The van der Waals surface area contributed by atoms with Crippen molar-refractivity contribution in [3.8, 4) is 0 Å². The number of esters is 3. The van der Waals surface area contributed by atoms with Gasteiger partial charge in [-0.2, -0.15) is 0 Å². The molecule has 0 aliphatic rings. The van der Waals surface area contributed by atoms with Crippen LogP contribution < -0.4 is 0 Å². The maximum absolute atomic E-state index is 12.8. The van der Waals surface area contributed by atoms with E-state index < -0.39 is 6.10 Å². The molecule has 0 aromatic heterocycles. The first-order valence-electron chi connectivity index (χ1n) is 29.1. The van der Waals surface area contributed by atoms with Crippen molar-refractivity contribution in [2.45, 2.75) is 309 Å². The minimum atomic E-state index is -0.778. The van der Waals surface area contributed by atoms with Crippen molar-refractivity contribution >= 4 is 17.9 Å². The second kappa shape index (κ2) is 56.0. The SMILES string of the molecule is CCCCC/C=C\C/C=C\C/C=C\CCCCCCCCC(=O)OC(COC(=O)CCCCCCCCCCC)COC(=O)CCCCCCCCCCC/C=C\CCCCCCCCCC. The monoisotopic (exact) mass is 939 g/mol. The minimum Gasteiger partial charge on any atom is -0.462 e. The molecule has 0 aromatic rings. The summed E-state index contributed by atoms with van der Waals surface area (Å²) in [6.45, 7) is 6.61. The summed E-state index contributed by atoms with van der Waals surface area (Å²) < 4.78 is 16.8. The first-order chi connectivity index (χ1) is 33.0. The molecule has 390 valence electrons. The summed E-state index contributed by atoms with van der Waals surface area (Å²) in [7, 11) is 0. The fourth-order valence-electron chi connectivity index (χ4n) is 8.39. The van der Waals surface area contributed by atoms with E-state index in [1.807, 2.05) is 0 Å². The van der Waals surface area contributed by atoms with E-state index in [0.717, 1.165) is 77.0 Å². The second-order valence-electron chi connectivity index (χ2n) is 19.6. The van der Waals surface area contributed by atoms with Crippen LogP contribution in [0.4, 0.5) is 0 Å². The van der Waals surface area contributed by atoms with E-state index in [0.29, 0.717) is 19.3 Å². The fraction of sp³-hybridized carbons (Fsp3) is 0.820. The molecular weight excluding hydrogens is 829 g/mol. The Morgan fingerprint density at radius 1 is 0.299 bits per heavy atom. The Labute approximate surface area is 416 Å². The zero-order valence-electron chi connectivity index (χ0n) is 44.7. The number of hydrogen-bond acceptors (Lipinski definition) is 6. The molecule has 0 rings (SSSR count).